The topological polar surface area (TPSA) is 55.1 Å². The molecular weight excluding hydrogens is 245 g/mol. The minimum atomic E-state index is -2.78. The highest BCUT2D eigenvalue weighted by atomic mass is 19.3. The number of rotatable bonds is 2. The molecule has 3 nitrogen and oxygen atoms in total. The number of carbonyl (C=O) groups is 1. The standard InChI is InChI=1S/C12H13F3N2O/c13-8-1-2-9(16)10(5-8)17-11(18)7-3-4-12(14,15)6-7/h1-2,5,7H,3-4,6,16H2,(H,17,18). The van der Waals surface area contributed by atoms with Crippen molar-refractivity contribution < 1.29 is 18.0 Å². The van der Waals surface area contributed by atoms with E-state index in [0.29, 0.717) is 0 Å². The number of halogens is 3. The molecule has 98 valence electrons. The number of benzene rings is 1. The fourth-order valence-electron chi connectivity index (χ4n) is 2.05. The van der Waals surface area contributed by atoms with Crippen LogP contribution < -0.4 is 11.1 Å². The number of alkyl halides is 2. The number of nitrogens with two attached hydrogens (primary N) is 1. The maximum Gasteiger partial charge on any atom is 0.248 e. The van der Waals surface area contributed by atoms with Gasteiger partial charge in [-0.2, -0.15) is 0 Å². The molecule has 1 fully saturated rings. The van der Waals surface area contributed by atoms with Gasteiger partial charge in [0, 0.05) is 18.8 Å². The Morgan fingerprint density at radius 2 is 2.17 bits per heavy atom. The second-order valence-electron chi connectivity index (χ2n) is 4.52. The molecular formula is C12H13F3N2O. The van der Waals surface area contributed by atoms with E-state index >= 15 is 0 Å². The predicted molar refractivity (Wildman–Crippen MR) is 61.7 cm³/mol. The van der Waals surface area contributed by atoms with Crippen LogP contribution in [0, 0.1) is 11.7 Å². The minimum Gasteiger partial charge on any atom is -0.397 e. The van der Waals surface area contributed by atoms with Crippen LogP contribution in [0.15, 0.2) is 18.2 Å². The average molecular weight is 258 g/mol. The van der Waals surface area contributed by atoms with E-state index in [2.05, 4.69) is 5.32 Å². The smallest absolute Gasteiger partial charge is 0.248 e. The summed E-state index contributed by atoms with van der Waals surface area (Å²) in [7, 11) is 0. The molecule has 1 aliphatic carbocycles. The fraction of sp³-hybridized carbons (Fsp3) is 0.417. The maximum atomic E-state index is 13.0. The first-order valence-electron chi connectivity index (χ1n) is 5.61. The highest BCUT2D eigenvalue weighted by molar-refractivity contribution is 5.95. The molecule has 0 aromatic heterocycles. The van der Waals surface area contributed by atoms with Crippen molar-refractivity contribution in [3.05, 3.63) is 24.0 Å². The molecule has 0 spiro atoms. The van der Waals surface area contributed by atoms with E-state index in [4.69, 9.17) is 5.73 Å². The lowest BCUT2D eigenvalue weighted by molar-refractivity contribution is -0.120. The molecule has 1 aromatic carbocycles. The number of anilines is 2. The Morgan fingerprint density at radius 3 is 2.78 bits per heavy atom. The summed E-state index contributed by atoms with van der Waals surface area (Å²) in [5.41, 5.74) is 5.88. The van der Waals surface area contributed by atoms with Crippen molar-refractivity contribution in [2.75, 3.05) is 11.1 Å². The van der Waals surface area contributed by atoms with Gasteiger partial charge in [0.15, 0.2) is 0 Å². The average Bonchev–Trinajstić information content (AvgIpc) is 2.64. The van der Waals surface area contributed by atoms with Gasteiger partial charge in [-0.05, 0) is 24.6 Å². The third kappa shape index (κ3) is 2.75. The Morgan fingerprint density at radius 1 is 1.44 bits per heavy atom. The normalized spacial score (nSPS) is 21.8. The Kier molecular flexibility index (Phi) is 3.19. The number of nitrogen functional groups attached to an aromatic ring is 1. The lowest BCUT2D eigenvalue weighted by Gasteiger charge is -2.13. The second kappa shape index (κ2) is 4.51. The molecule has 1 unspecified atom stereocenters. The highest BCUT2D eigenvalue weighted by Gasteiger charge is 2.42. The SMILES string of the molecule is Nc1ccc(F)cc1NC(=O)C1CCC(F)(F)C1. The molecule has 0 bridgehead atoms. The first-order chi connectivity index (χ1) is 8.37. The van der Waals surface area contributed by atoms with Crippen LogP contribution in [0.4, 0.5) is 24.5 Å². The first kappa shape index (κ1) is 12.7. The molecule has 1 saturated carbocycles. The van der Waals surface area contributed by atoms with Gasteiger partial charge in [-0.3, -0.25) is 4.79 Å². The van der Waals surface area contributed by atoms with E-state index in [9.17, 15) is 18.0 Å². The van der Waals surface area contributed by atoms with Gasteiger partial charge >= 0.3 is 0 Å². The van der Waals surface area contributed by atoms with E-state index in [1.807, 2.05) is 0 Å². The van der Waals surface area contributed by atoms with Crippen molar-refractivity contribution in [3.63, 3.8) is 0 Å². The lowest BCUT2D eigenvalue weighted by Crippen LogP contribution is -2.23. The van der Waals surface area contributed by atoms with E-state index in [-0.39, 0.29) is 24.2 Å². The predicted octanol–water partition coefficient (Wildman–Crippen LogP) is 2.78. The van der Waals surface area contributed by atoms with Crippen LogP contribution in [0.2, 0.25) is 0 Å². The van der Waals surface area contributed by atoms with Crippen LogP contribution >= 0.6 is 0 Å². The van der Waals surface area contributed by atoms with Gasteiger partial charge < -0.3 is 11.1 Å². The van der Waals surface area contributed by atoms with Gasteiger partial charge in [0.05, 0.1) is 11.4 Å². The molecule has 2 rings (SSSR count). The Bertz CT molecular complexity index is 476. The van der Waals surface area contributed by atoms with Crippen molar-refractivity contribution in [1.29, 1.82) is 0 Å². The first-order valence-corrected chi connectivity index (χ1v) is 5.61. The van der Waals surface area contributed by atoms with Crippen molar-refractivity contribution in [3.8, 4) is 0 Å². The molecule has 0 radical (unpaired) electrons. The minimum absolute atomic E-state index is 0.121. The summed E-state index contributed by atoms with van der Waals surface area (Å²) in [5, 5.41) is 2.39. The molecule has 1 aliphatic rings. The van der Waals surface area contributed by atoms with Crippen molar-refractivity contribution >= 4 is 17.3 Å². The number of amides is 1. The summed E-state index contributed by atoms with van der Waals surface area (Å²) in [5.74, 6) is -4.61. The summed E-state index contributed by atoms with van der Waals surface area (Å²) < 4.78 is 38.9. The lowest BCUT2D eigenvalue weighted by atomic mass is 10.1. The monoisotopic (exact) mass is 258 g/mol. The van der Waals surface area contributed by atoms with E-state index in [1.54, 1.807) is 0 Å². The van der Waals surface area contributed by atoms with Crippen LogP contribution in [0.3, 0.4) is 0 Å². The quantitative estimate of drug-likeness (QED) is 0.801. The van der Waals surface area contributed by atoms with Crippen LogP contribution in [0.5, 0.6) is 0 Å². The van der Waals surface area contributed by atoms with E-state index in [1.165, 1.54) is 6.07 Å². The largest absolute Gasteiger partial charge is 0.397 e. The molecule has 0 heterocycles. The zero-order valence-corrected chi connectivity index (χ0v) is 9.55. The van der Waals surface area contributed by atoms with Crippen LogP contribution in [0.25, 0.3) is 0 Å². The molecule has 1 amide bonds. The maximum absolute atomic E-state index is 13.0. The van der Waals surface area contributed by atoms with Gasteiger partial charge in [0.25, 0.3) is 0 Å². The number of hydrogen-bond acceptors (Lipinski definition) is 2. The van der Waals surface area contributed by atoms with Crippen molar-refractivity contribution in [1.82, 2.24) is 0 Å². The van der Waals surface area contributed by atoms with Crippen LogP contribution in [-0.4, -0.2) is 11.8 Å². The van der Waals surface area contributed by atoms with Gasteiger partial charge in [-0.1, -0.05) is 0 Å². The van der Waals surface area contributed by atoms with Gasteiger partial charge in [-0.15, -0.1) is 0 Å². The summed E-state index contributed by atoms with van der Waals surface area (Å²) in [6, 6.07) is 3.54. The Labute approximate surface area is 102 Å². The summed E-state index contributed by atoms with van der Waals surface area (Å²) >= 11 is 0. The van der Waals surface area contributed by atoms with Crippen LogP contribution in [0.1, 0.15) is 19.3 Å². The molecule has 6 heteroatoms. The molecule has 3 N–H and O–H groups in total. The fourth-order valence-corrected chi connectivity index (χ4v) is 2.05. The highest BCUT2D eigenvalue weighted by Crippen LogP contribution is 2.39. The summed E-state index contributed by atoms with van der Waals surface area (Å²) in [6.45, 7) is 0. The van der Waals surface area contributed by atoms with Crippen LogP contribution in [-0.2, 0) is 4.79 Å². The Balaban J connectivity index is 2.06. The molecule has 1 atom stereocenters. The zero-order valence-electron chi connectivity index (χ0n) is 9.55. The van der Waals surface area contributed by atoms with Crippen molar-refractivity contribution in [2.45, 2.75) is 25.2 Å². The third-order valence-corrected chi connectivity index (χ3v) is 3.05. The van der Waals surface area contributed by atoms with Gasteiger partial charge in [-0.25, -0.2) is 13.2 Å². The molecule has 18 heavy (non-hydrogen) atoms. The molecule has 1 aromatic rings. The number of carbonyl (C=O) groups excluding carboxylic acids is 1. The van der Waals surface area contributed by atoms with E-state index in [0.717, 1.165) is 12.1 Å². The third-order valence-electron chi connectivity index (χ3n) is 3.05. The summed E-state index contributed by atoms with van der Waals surface area (Å²) in [4.78, 5) is 11.7. The Hall–Kier alpha value is -1.72. The van der Waals surface area contributed by atoms with Crippen molar-refractivity contribution in [2.24, 2.45) is 5.92 Å². The summed E-state index contributed by atoms with van der Waals surface area (Å²) in [6.07, 6.45) is -0.619. The zero-order chi connectivity index (χ0) is 13.3. The van der Waals surface area contributed by atoms with Gasteiger partial charge in [0.2, 0.25) is 11.8 Å². The number of hydrogen-bond donors (Lipinski definition) is 2. The van der Waals surface area contributed by atoms with Gasteiger partial charge in [0.1, 0.15) is 5.82 Å². The molecule has 0 saturated heterocycles. The molecule has 0 aliphatic heterocycles. The van der Waals surface area contributed by atoms with E-state index < -0.39 is 30.0 Å². The second-order valence-corrected chi connectivity index (χ2v) is 4.52. The number of nitrogens with one attached hydrogen (secondary N) is 1.